The number of H-pyrrole nitrogens is 1. The highest BCUT2D eigenvalue weighted by molar-refractivity contribution is 8.01. The Balaban J connectivity index is 2.15. The van der Waals surface area contributed by atoms with Crippen LogP contribution in [-0.2, 0) is 7.05 Å². The Morgan fingerprint density at radius 2 is 2.09 bits per heavy atom. The fraction of sp³-hybridized carbons (Fsp3) is 0.294. The minimum atomic E-state index is -0.0314. The summed E-state index contributed by atoms with van der Waals surface area (Å²) in [4.78, 5) is 20.0. The van der Waals surface area contributed by atoms with E-state index in [0.717, 1.165) is 28.0 Å². The van der Waals surface area contributed by atoms with Crippen LogP contribution in [0.2, 0.25) is 0 Å². The van der Waals surface area contributed by atoms with Crippen LogP contribution in [0.5, 0.6) is 0 Å². The smallest absolute Gasteiger partial charge is 0.274 e. The van der Waals surface area contributed by atoms with Crippen LogP contribution in [0, 0.1) is 6.92 Å². The van der Waals surface area contributed by atoms with Gasteiger partial charge in [-0.1, -0.05) is 19.9 Å². The Bertz CT molecular complexity index is 911. The van der Waals surface area contributed by atoms with Crippen LogP contribution in [0.1, 0.15) is 19.4 Å². The van der Waals surface area contributed by atoms with Crippen molar-refractivity contribution in [2.24, 2.45) is 7.05 Å². The maximum Gasteiger partial charge on any atom is 0.274 e. The van der Waals surface area contributed by atoms with E-state index in [1.54, 1.807) is 29.8 Å². The quantitative estimate of drug-likeness (QED) is 0.717. The van der Waals surface area contributed by atoms with E-state index in [0.29, 0.717) is 10.8 Å². The van der Waals surface area contributed by atoms with Gasteiger partial charge in [-0.25, -0.2) is 4.98 Å². The molecule has 120 valence electrons. The molecule has 0 radical (unpaired) electrons. The van der Waals surface area contributed by atoms with Crippen LogP contribution in [0.4, 0.5) is 5.82 Å². The molecule has 0 saturated heterocycles. The first-order chi connectivity index (χ1) is 11.0. The molecule has 6 heteroatoms. The Hall–Kier alpha value is -2.21. The molecule has 0 aromatic carbocycles. The number of nitrogens with zero attached hydrogens (tertiary/aromatic N) is 2. The first-order valence-corrected chi connectivity index (χ1v) is 8.41. The predicted molar refractivity (Wildman–Crippen MR) is 97.9 cm³/mol. The van der Waals surface area contributed by atoms with Gasteiger partial charge in [0.1, 0.15) is 11.3 Å². The van der Waals surface area contributed by atoms with Crippen LogP contribution >= 0.6 is 11.9 Å². The van der Waals surface area contributed by atoms with Crippen molar-refractivity contribution in [3.8, 4) is 11.3 Å². The van der Waals surface area contributed by atoms with Crippen molar-refractivity contribution < 1.29 is 0 Å². The summed E-state index contributed by atoms with van der Waals surface area (Å²) in [6, 6.07) is 5.95. The average molecular weight is 328 g/mol. The molecule has 3 aromatic rings. The van der Waals surface area contributed by atoms with Gasteiger partial charge in [0.25, 0.3) is 5.56 Å². The molecule has 0 unspecified atom stereocenters. The third-order valence-corrected chi connectivity index (χ3v) is 4.44. The van der Waals surface area contributed by atoms with Gasteiger partial charge in [0.15, 0.2) is 0 Å². The van der Waals surface area contributed by atoms with E-state index in [9.17, 15) is 4.79 Å². The van der Waals surface area contributed by atoms with Crippen LogP contribution in [0.3, 0.4) is 0 Å². The molecule has 2 N–H and O–H groups in total. The van der Waals surface area contributed by atoms with Gasteiger partial charge in [0, 0.05) is 35.6 Å². The first-order valence-electron chi connectivity index (χ1n) is 7.53. The summed E-state index contributed by atoms with van der Waals surface area (Å²) >= 11 is 1.63. The second-order valence-corrected chi connectivity index (χ2v) is 7.24. The molecule has 3 rings (SSSR count). The molecular formula is C17H20N4OS. The minimum absolute atomic E-state index is 0.0314. The monoisotopic (exact) mass is 328 g/mol. The first kappa shape index (κ1) is 15.7. The Morgan fingerprint density at radius 3 is 2.83 bits per heavy atom. The number of hydrogen-bond acceptors (Lipinski definition) is 4. The molecule has 0 spiro atoms. The molecule has 5 nitrogen and oxygen atoms in total. The van der Waals surface area contributed by atoms with Gasteiger partial charge in [-0.05, 0) is 36.6 Å². The van der Waals surface area contributed by atoms with Crippen molar-refractivity contribution >= 4 is 28.7 Å². The van der Waals surface area contributed by atoms with Crippen LogP contribution in [0.15, 0.2) is 35.4 Å². The lowest BCUT2D eigenvalue weighted by Gasteiger charge is -2.12. The maximum absolute atomic E-state index is 12.2. The van der Waals surface area contributed by atoms with Gasteiger partial charge in [-0.2, -0.15) is 0 Å². The third kappa shape index (κ3) is 2.99. The lowest BCUT2D eigenvalue weighted by Crippen LogP contribution is -2.16. The highest BCUT2D eigenvalue weighted by atomic mass is 32.2. The minimum Gasteiger partial charge on any atom is -0.357 e. The van der Waals surface area contributed by atoms with Crippen LogP contribution in [-0.4, -0.2) is 19.8 Å². The molecule has 0 saturated carbocycles. The second kappa shape index (κ2) is 6.12. The van der Waals surface area contributed by atoms with Crippen LogP contribution in [0.25, 0.3) is 22.2 Å². The second-order valence-electron chi connectivity index (χ2n) is 5.86. The Kier molecular flexibility index (Phi) is 4.17. The lowest BCUT2D eigenvalue weighted by atomic mass is 10.1. The number of aryl methyl sites for hydroxylation is 2. The predicted octanol–water partition coefficient (Wildman–Crippen LogP) is 3.71. The number of fused-ring (bicyclic) bond motifs is 1. The van der Waals surface area contributed by atoms with Crippen molar-refractivity contribution in [1.82, 2.24) is 14.5 Å². The Labute approximate surface area is 139 Å². The van der Waals surface area contributed by atoms with Gasteiger partial charge in [-0.3, -0.25) is 4.79 Å². The number of aromatic nitrogens is 3. The molecular weight excluding hydrogens is 308 g/mol. The topological polar surface area (TPSA) is 62.7 Å². The van der Waals surface area contributed by atoms with Crippen molar-refractivity contribution in [2.75, 3.05) is 4.72 Å². The Morgan fingerprint density at radius 1 is 1.30 bits per heavy atom. The number of anilines is 1. The molecule has 0 aliphatic rings. The van der Waals surface area contributed by atoms with E-state index < -0.39 is 0 Å². The molecule has 0 fully saturated rings. The van der Waals surface area contributed by atoms with Crippen molar-refractivity contribution in [3.05, 3.63) is 46.5 Å². The summed E-state index contributed by atoms with van der Waals surface area (Å²) in [6.45, 7) is 6.29. The summed E-state index contributed by atoms with van der Waals surface area (Å²) in [5, 5.41) is 1.37. The van der Waals surface area contributed by atoms with E-state index in [-0.39, 0.29) is 5.56 Å². The van der Waals surface area contributed by atoms with E-state index in [2.05, 4.69) is 29.6 Å². The number of aromatic amines is 1. The largest absolute Gasteiger partial charge is 0.357 e. The van der Waals surface area contributed by atoms with Gasteiger partial charge in [0.2, 0.25) is 0 Å². The summed E-state index contributed by atoms with van der Waals surface area (Å²) in [6.07, 6.45) is 3.65. The van der Waals surface area contributed by atoms with E-state index in [1.165, 1.54) is 0 Å². The van der Waals surface area contributed by atoms with Gasteiger partial charge in [0.05, 0.1) is 5.69 Å². The van der Waals surface area contributed by atoms with E-state index >= 15 is 0 Å². The van der Waals surface area contributed by atoms with Crippen molar-refractivity contribution in [3.63, 3.8) is 0 Å². The highest BCUT2D eigenvalue weighted by Crippen LogP contribution is 2.29. The van der Waals surface area contributed by atoms with Crippen molar-refractivity contribution in [1.29, 1.82) is 0 Å². The summed E-state index contributed by atoms with van der Waals surface area (Å²) in [7, 11) is 1.76. The fourth-order valence-corrected chi connectivity index (χ4v) is 2.96. The zero-order valence-corrected chi connectivity index (χ0v) is 14.5. The maximum atomic E-state index is 12.2. The molecule has 0 aliphatic carbocycles. The number of nitrogens with one attached hydrogen (secondary N) is 2. The number of hydrogen-bond donors (Lipinski definition) is 2. The van der Waals surface area contributed by atoms with Crippen LogP contribution < -0.4 is 10.3 Å². The molecule has 0 atom stereocenters. The third-order valence-electron chi connectivity index (χ3n) is 3.65. The van der Waals surface area contributed by atoms with Gasteiger partial charge < -0.3 is 14.3 Å². The summed E-state index contributed by atoms with van der Waals surface area (Å²) < 4.78 is 4.87. The molecule has 0 aliphatic heterocycles. The van der Waals surface area contributed by atoms with Gasteiger partial charge in [-0.15, -0.1) is 0 Å². The van der Waals surface area contributed by atoms with Crippen molar-refractivity contribution in [2.45, 2.75) is 26.0 Å². The SMILES string of the molecule is Cc1ccc(NSC(C)C)nc1-c1cn(C)c(=O)c2[nH]ccc12. The summed E-state index contributed by atoms with van der Waals surface area (Å²) in [5.74, 6) is 0.821. The van der Waals surface area contributed by atoms with E-state index in [1.807, 2.05) is 25.3 Å². The number of rotatable bonds is 4. The molecule has 0 amide bonds. The normalized spacial score (nSPS) is 11.3. The standard InChI is InChI=1S/C17H20N4OS/c1-10(2)23-20-14-6-5-11(3)15(19-14)13-9-21(4)17(22)16-12(13)7-8-18-16/h5-10,18H,1-4H3,(H,19,20). The molecule has 0 bridgehead atoms. The molecule has 3 aromatic heterocycles. The van der Waals surface area contributed by atoms with E-state index in [4.69, 9.17) is 4.98 Å². The molecule has 23 heavy (non-hydrogen) atoms. The number of pyridine rings is 2. The summed E-state index contributed by atoms with van der Waals surface area (Å²) in [5.41, 5.74) is 3.50. The lowest BCUT2D eigenvalue weighted by molar-refractivity contribution is 0.871. The zero-order valence-electron chi connectivity index (χ0n) is 13.7. The van der Waals surface area contributed by atoms with Gasteiger partial charge >= 0.3 is 0 Å². The zero-order chi connectivity index (χ0) is 16.6. The highest BCUT2D eigenvalue weighted by Gasteiger charge is 2.13. The fourth-order valence-electron chi connectivity index (χ4n) is 2.49. The average Bonchev–Trinajstić information content (AvgIpc) is 3.00. The molecule has 3 heterocycles.